The van der Waals surface area contributed by atoms with Gasteiger partial charge in [-0.15, -0.1) is 0 Å². The van der Waals surface area contributed by atoms with Gasteiger partial charge in [-0.1, -0.05) is 53.2 Å². The van der Waals surface area contributed by atoms with E-state index in [2.05, 4.69) is 44.1 Å². The van der Waals surface area contributed by atoms with Crippen molar-refractivity contribution in [3.8, 4) is 0 Å². The molecule has 2 nitrogen and oxygen atoms in total. The van der Waals surface area contributed by atoms with Gasteiger partial charge in [0.05, 0.1) is 4.95 Å². The zero-order chi connectivity index (χ0) is 10.6. The Kier molecular flexibility index (Phi) is 4.62. The van der Waals surface area contributed by atoms with E-state index in [1.54, 1.807) is 0 Å². The van der Waals surface area contributed by atoms with Crippen molar-refractivity contribution in [3.05, 3.63) is 35.9 Å². The molecule has 0 aliphatic carbocycles. The van der Waals surface area contributed by atoms with Crippen LogP contribution in [0.25, 0.3) is 0 Å². The lowest BCUT2D eigenvalue weighted by atomic mass is 10.0. The third kappa shape index (κ3) is 3.42. The quantitative estimate of drug-likeness (QED) is 0.514. The van der Waals surface area contributed by atoms with Crippen LogP contribution in [-0.2, 0) is 0 Å². The summed E-state index contributed by atoms with van der Waals surface area (Å²) in [4.78, 5) is 10.5. The van der Waals surface area contributed by atoms with E-state index in [0.29, 0.717) is 0 Å². The fourth-order valence-corrected chi connectivity index (χ4v) is 2.23. The number of nitrogens with one attached hydrogen (secondary N) is 1. The van der Waals surface area contributed by atoms with E-state index in [1.807, 2.05) is 30.3 Å². The van der Waals surface area contributed by atoms with Gasteiger partial charge in [0.25, 0.3) is 4.82 Å². The van der Waals surface area contributed by atoms with Gasteiger partial charge in [0, 0.05) is 21.8 Å². The summed E-state index contributed by atoms with van der Waals surface area (Å²) >= 11 is 6.25. The Bertz CT molecular complexity index is 302. The van der Waals surface area contributed by atoms with Crippen LogP contribution in [0.3, 0.4) is 0 Å². The first-order chi connectivity index (χ1) is 6.61. The molecule has 0 saturated heterocycles. The highest BCUT2D eigenvalue weighted by Crippen LogP contribution is 2.22. The molecule has 1 rings (SSSR count). The predicted molar refractivity (Wildman–Crippen MR) is 65.0 cm³/mol. The van der Waals surface area contributed by atoms with Gasteiger partial charge < -0.3 is 5.32 Å². The largest absolute Gasteiger partial charge is 0.334 e. The van der Waals surface area contributed by atoms with Gasteiger partial charge in [-0.25, -0.2) is 0 Å². The minimum Gasteiger partial charge on any atom is -0.334 e. The minimum absolute atomic E-state index is 0.0585. The van der Waals surface area contributed by atoms with Crippen molar-refractivity contribution in [2.45, 2.75) is 17.8 Å². The third-order valence-electron chi connectivity index (χ3n) is 2.02. The minimum atomic E-state index is -0.206. The first-order valence-electron chi connectivity index (χ1n) is 4.26. The maximum Gasteiger partial charge on any atom is 0.288 e. The average molecular weight is 321 g/mol. The van der Waals surface area contributed by atoms with E-state index in [0.717, 1.165) is 0 Å². The molecule has 2 unspecified atom stereocenters. The highest BCUT2D eigenvalue weighted by molar-refractivity contribution is 9.18. The maximum atomic E-state index is 10.8. The zero-order valence-electron chi connectivity index (χ0n) is 7.71. The molecule has 0 radical (unpaired) electrons. The summed E-state index contributed by atoms with van der Waals surface area (Å²) in [5, 5.41) is 2.74. The lowest BCUT2D eigenvalue weighted by Gasteiger charge is -2.18. The first-order valence-corrected chi connectivity index (χ1v) is 5.97. The first kappa shape index (κ1) is 11.7. The van der Waals surface area contributed by atoms with Crippen molar-refractivity contribution in [2.75, 3.05) is 0 Å². The molecular weight excluding hydrogens is 310 g/mol. The molecule has 76 valence electrons. The molecule has 1 aromatic carbocycles. The van der Waals surface area contributed by atoms with Crippen LogP contribution in [0, 0.1) is 0 Å². The van der Waals surface area contributed by atoms with Gasteiger partial charge >= 0.3 is 0 Å². The molecule has 0 spiro atoms. The van der Waals surface area contributed by atoms with Crippen molar-refractivity contribution in [1.82, 2.24) is 5.32 Å². The van der Waals surface area contributed by atoms with E-state index in [1.165, 1.54) is 5.56 Å². The Balaban J connectivity index is 2.65. The molecule has 0 aliphatic rings. The van der Waals surface area contributed by atoms with Crippen LogP contribution in [0.5, 0.6) is 0 Å². The molecular formula is C10H11Br2NO. The number of amides is 1. The molecule has 0 aliphatic heterocycles. The van der Waals surface area contributed by atoms with E-state index in [4.69, 9.17) is 0 Å². The zero-order valence-corrected chi connectivity index (χ0v) is 10.9. The van der Waals surface area contributed by atoms with Crippen LogP contribution in [-0.4, -0.2) is 9.77 Å². The fraction of sp³-hybridized carbons (Fsp3) is 0.300. The molecule has 1 N–H and O–H groups in total. The predicted octanol–water partition coefficient (Wildman–Crippen LogP) is 3.62. The molecule has 0 saturated carbocycles. The molecule has 4 heteroatoms. The van der Waals surface area contributed by atoms with E-state index in [-0.39, 0.29) is 15.7 Å². The molecule has 0 aromatic heterocycles. The number of rotatable bonds is 3. The monoisotopic (exact) mass is 319 g/mol. The van der Waals surface area contributed by atoms with Crippen LogP contribution in [0.4, 0.5) is 4.79 Å². The topological polar surface area (TPSA) is 29.1 Å². The molecule has 1 amide bonds. The van der Waals surface area contributed by atoms with Gasteiger partial charge in [0.2, 0.25) is 0 Å². The van der Waals surface area contributed by atoms with Crippen molar-refractivity contribution in [3.63, 3.8) is 0 Å². The highest BCUT2D eigenvalue weighted by Gasteiger charge is 2.16. The summed E-state index contributed by atoms with van der Waals surface area (Å²) in [6.45, 7) is 2.05. The maximum absolute atomic E-state index is 10.8. The molecule has 1 aromatic rings. The van der Waals surface area contributed by atoms with E-state index >= 15 is 0 Å². The average Bonchev–Trinajstić information content (AvgIpc) is 2.17. The number of benzene rings is 1. The Labute approximate surface area is 100 Å². The second kappa shape index (κ2) is 5.51. The third-order valence-corrected chi connectivity index (χ3v) is 3.27. The normalized spacial score (nSPS) is 14.5. The summed E-state index contributed by atoms with van der Waals surface area (Å²) in [6, 6.07) is 10.0. The second-order valence-corrected chi connectivity index (χ2v) is 4.73. The fourth-order valence-electron chi connectivity index (χ4n) is 1.16. The Morgan fingerprint density at radius 3 is 2.43 bits per heavy atom. The van der Waals surface area contributed by atoms with Crippen LogP contribution in [0.1, 0.15) is 18.4 Å². The number of hydrogen-bond acceptors (Lipinski definition) is 1. The summed E-state index contributed by atoms with van der Waals surface area (Å²) in [6.07, 6.45) is 0. The molecule has 0 fully saturated rings. The molecule has 0 bridgehead atoms. The lowest BCUT2D eigenvalue weighted by molar-refractivity contribution is 0.260. The summed E-state index contributed by atoms with van der Waals surface area (Å²) in [5.41, 5.74) is 1.19. The van der Waals surface area contributed by atoms with Gasteiger partial charge in [-0.05, 0) is 5.56 Å². The van der Waals surface area contributed by atoms with E-state index in [9.17, 15) is 4.79 Å². The van der Waals surface area contributed by atoms with Gasteiger partial charge in [0.15, 0.2) is 0 Å². The number of carbonyl (C=O) groups is 1. The van der Waals surface area contributed by atoms with Crippen LogP contribution >= 0.6 is 31.9 Å². The van der Waals surface area contributed by atoms with Gasteiger partial charge in [0.1, 0.15) is 0 Å². The van der Waals surface area contributed by atoms with Gasteiger partial charge in [-0.3, -0.25) is 4.79 Å². The smallest absolute Gasteiger partial charge is 0.288 e. The number of carbonyl (C=O) groups excluding carboxylic acids is 1. The van der Waals surface area contributed by atoms with Crippen molar-refractivity contribution < 1.29 is 4.79 Å². The Hall–Kier alpha value is -0.350. The summed E-state index contributed by atoms with van der Waals surface area (Å²) < 4.78 is 0. The Morgan fingerprint density at radius 1 is 1.36 bits per heavy atom. The summed E-state index contributed by atoms with van der Waals surface area (Å²) in [7, 11) is 0. The number of alkyl halides is 1. The highest BCUT2D eigenvalue weighted by atomic mass is 79.9. The van der Waals surface area contributed by atoms with Crippen LogP contribution in [0.15, 0.2) is 30.3 Å². The second-order valence-electron chi connectivity index (χ2n) is 3.02. The Morgan fingerprint density at radius 2 is 1.93 bits per heavy atom. The summed E-state index contributed by atoms with van der Waals surface area (Å²) in [5.74, 6) is 0.234. The standard InChI is InChI=1S/C10H11Br2NO/c1-7(9(11)13-10(12)14)8-5-3-2-4-6-8/h2-7,9H,1H3,(H,13,14). The van der Waals surface area contributed by atoms with Crippen LogP contribution < -0.4 is 5.32 Å². The van der Waals surface area contributed by atoms with Crippen LogP contribution in [0.2, 0.25) is 0 Å². The van der Waals surface area contributed by atoms with Gasteiger partial charge in [-0.2, -0.15) is 0 Å². The van der Waals surface area contributed by atoms with Crippen molar-refractivity contribution in [2.24, 2.45) is 0 Å². The van der Waals surface area contributed by atoms with Crippen molar-refractivity contribution in [1.29, 1.82) is 0 Å². The SMILES string of the molecule is CC(c1ccccc1)C(Br)NC(=O)Br. The molecule has 0 heterocycles. The van der Waals surface area contributed by atoms with E-state index < -0.39 is 0 Å². The molecule has 14 heavy (non-hydrogen) atoms. The number of halogens is 2. The van der Waals surface area contributed by atoms with Crippen molar-refractivity contribution >= 4 is 36.7 Å². The molecule has 2 atom stereocenters. The number of hydrogen-bond donors (Lipinski definition) is 1. The lowest BCUT2D eigenvalue weighted by Crippen LogP contribution is -2.29.